The van der Waals surface area contributed by atoms with Crippen molar-refractivity contribution in [3.8, 4) is 0 Å². The van der Waals surface area contributed by atoms with Crippen LogP contribution in [0.25, 0.3) is 0 Å². The Morgan fingerprint density at radius 1 is 1.33 bits per heavy atom. The molecule has 1 aliphatic heterocycles. The quantitative estimate of drug-likeness (QED) is 0.568. The molecule has 3 N–H and O–H groups in total. The topological polar surface area (TPSA) is 87.8 Å². The van der Waals surface area contributed by atoms with Crippen LogP contribution < -0.4 is 11.1 Å². The summed E-state index contributed by atoms with van der Waals surface area (Å²) >= 11 is 1.28. The van der Waals surface area contributed by atoms with E-state index >= 15 is 0 Å². The van der Waals surface area contributed by atoms with Gasteiger partial charge in [0.1, 0.15) is 4.21 Å². The number of aliphatic imine (C=N–C) groups is 1. The Bertz CT molecular complexity index is 647. The van der Waals surface area contributed by atoms with E-state index < -0.39 is 10.0 Å². The molecule has 2 heterocycles. The number of guanidine groups is 1. The van der Waals surface area contributed by atoms with Crippen molar-refractivity contribution in [1.29, 1.82) is 0 Å². The maximum absolute atomic E-state index is 12.6. The Hall–Kier alpha value is -1.12. The third-order valence-corrected chi connectivity index (χ3v) is 7.42. The fraction of sp³-hybridized carbons (Fsp3) is 0.688. The molecule has 8 heteroatoms. The smallest absolute Gasteiger partial charge is 0.252 e. The van der Waals surface area contributed by atoms with Gasteiger partial charge < -0.3 is 11.1 Å². The fourth-order valence-electron chi connectivity index (χ4n) is 2.52. The first kappa shape index (κ1) is 19.2. The van der Waals surface area contributed by atoms with Gasteiger partial charge in [-0.1, -0.05) is 20.3 Å². The van der Waals surface area contributed by atoms with E-state index in [9.17, 15) is 8.42 Å². The lowest BCUT2D eigenvalue weighted by Gasteiger charge is -2.25. The molecule has 1 aromatic heterocycles. The lowest BCUT2D eigenvalue weighted by Crippen LogP contribution is -2.35. The van der Waals surface area contributed by atoms with Crippen LogP contribution in [0.2, 0.25) is 0 Å². The van der Waals surface area contributed by atoms with E-state index in [-0.39, 0.29) is 0 Å². The van der Waals surface area contributed by atoms with Gasteiger partial charge in [-0.2, -0.15) is 4.31 Å². The predicted molar refractivity (Wildman–Crippen MR) is 99.7 cm³/mol. The monoisotopic (exact) mass is 372 g/mol. The van der Waals surface area contributed by atoms with E-state index in [1.807, 2.05) is 6.07 Å². The summed E-state index contributed by atoms with van der Waals surface area (Å²) < 4.78 is 27.2. The van der Waals surface area contributed by atoms with Crippen molar-refractivity contribution in [3.63, 3.8) is 0 Å². The third kappa shape index (κ3) is 5.46. The SMILES string of the molecule is CC(C)CCNC(N)=NCc1ccc(S(=O)(=O)N2CCCCC2)s1. The van der Waals surface area contributed by atoms with Crippen molar-refractivity contribution in [2.75, 3.05) is 19.6 Å². The second-order valence-corrected chi connectivity index (χ2v) is 9.83. The largest absolute Gasteiger partial charge is 0.370 e. The minimum atomic E-state index is -3.35. The number of hydrogen-bond acceptors (Lipinski definition) is 4. The van der Waals surface area contributed by atoms with Gasteiger partial charge in [0.05, 0.1) is 6.54 Å². The molecule has 0 aromatic carbocycles. The van der Waals surface area contributed by atoms with Gasteiger partial charge in [-0.15, -0.1) is 11.3 Å². The summed E-state index contributed by atoms with van der Waals surface area (Å²) in [4.78, 5) is 5.19. The number of nitrogens with two attached hydrogens (primary N) is 1. The van der Waals surface area contributed by atoms with Crippen molar-refractivity contribution in [1.82, 2.24) is 9.62 Å². The summed E-state index contributed by atoms with van der Waals surface area (Å²) in [5.74, 6) is 1.02. The predicted octanol–water partition coefficient (Wildman–Crippen LogP) is 2.37. The van der Waals surface area contributed by atoms with Gasteiger partial charge in [-0.25, -0.2) is 13.4 Å². The van der Waals surface area contributed by atoms with Gasteiger partial charge in [0, 0.05) is 24.5 Å². The van der Waals surface area contributed by atoms with E-state index in [1.54, 1.807) is 10.4 Å². The average molecular weight is 373 g/mol. The number of sulfonamides is 1. The van der Waals surface area contributed by atoms with Crippen molar-refractivity contribution in [2.24, 2.45) is 16.6 Å². The van der Waals surface area contributed by atoms with Crippen LogP contribution in [0, 0.1) is 5.92 Å². The van der Waals surface area contributed by atoms with Crippen LogP contribution in [-0.2, 0) is 16.6 Å². The maximum Gasteiger partial charge on any atom is 0.252 e. The zero-order valence-corrected chi connectivity index (χ0v) is 16.1. The normalized spacial score (nSPS) is 17.4. The first-order valence-electron chi connectivity index (χ1n) is 8.52. The molecule has 1 fully saturated rings. The Balaban J connectivity index is 1.92. The average Bonchev–Trinajstić information content (AvgIpc) is 3.03. The van der Waals surface area contributed by atoms with Crippen LogP contribution in [0.3, 0.4) is 0 Å². The molecule has 0 bridgehead atoms. The van der Waals surface area contributed by atoms with Crippen molar-refractivity contribution < 1.29 is 8.42 Å². The van der Waals surface area contributed by atoms with Gasteiger partial charge in [0.25, 0.3) is 10.0 Å². The highest BCUT2D eigenvalue weighted by molar-refractivity contribution is 7.91. The number of rotatable bonds is 7. The van der Waals surface area contributed by atoms with Crippen LogP contribution in [0.4, 0.5) is 0 Å². The van der Waals surface area contributed by atoms with Gasteiger partial charge in [0.15, 0.2) is 5.96 Å². The minimum absolute atomic E-state index is 0.403. The Kier molecular flexibility index (Phi) is 7.06. The highest BCUT2D eigenvalue weighted by Crippen LogP contribution is 2.27. The molecule has 1 aliphatic rings. The van der Waals surface area contributed by atoms with Crippen LogP contribution in [0.1, 0.15) is 44.4 Å². The number of piperidine rings is 1. The van der Waals surface area contributed by atoms with Crippen molar-refractivity contribution >= 4 is 27.3 Å². The van der Waals surface area contributed by atoms with Crippen LogP contribution >= 0.6 is 11.3 Å². The van der Waals surface area contributed by atoms with Gasteiger partial charge in [-0.05, 0) is 37.3 Å². The molecule has 0 saturated carbocycles. The zero-order chi connectivity index (χ0) is 17.6. The van der Waals surface area contributed by atoms with E-state index in [1.165, 1.54) is 11.3 Å². The maximum atomic E-state index is 12.6. The lowest BCUT2D eigenvalue weighted by molar-refractivity contribution is 0.347. The molecule has 0 unspecified atom stereocenters. The molecule has 6 nitrogen and oxygen atoms in total. The minimum Gasteiger partial charge on any atom is -0.370 e. The summed E-state index contributed by atoms with van der Waals surface area (Å²) in [6, 6.07) is 3.51. The van der Waals surface area contributed by atoms with E-state index in [0.29, 0.717) is 35.7 Å². The number of nitrogens with zero attached hydrogens (tertiary/aromatic N) is 2. The number of hydrogen-bond donors (Lipinski definition) is 2. The number of nitrogens with one attached hydrogen (secondary N) is 1. The number of thiophene rings is 1. The summed E-state index contributed by atoms with van der Waals surface area (Å²) in [5, 5.41) is 3.08. The molecule has 0 aliphatic carbocycles. The molecular formula is C16H28N4O2S2. The standard InChI is InChI=1S/C16H28N4O2S2/c1-13(2)8-9-18-16(17)19-12-14-6-7-15(23-14)24(21,22)20-10-4-3-5-11-20/h6-7,13H,3-5,8-12H2,1-2H3,(H3,17,18,19). The Morgan fingerprint density at radius 2 is 2.04 bits per heavy atom. The fourth-order valence-corrected chi connectivity index (χ4v) is 5.47. The first-order chi connectivity index (χ1) is 11.4. The summed E-state index contributed by atoms with van der Waals surface area (Å²) in [6.07, 6.45) is 4.04. The van der Waals surface area contributed by atoms with Crippen molar-refractivity contribution in [2.45, 2.75) is 50.3 Å². The summed E-state index contributed by atoms with van der Waals surface area (Å²) in [6.45, 7) is 6.77. The van der Waals surface area contributed by atoms with E-state index in [4.69, 9.17) is 5.73 Å². The molecule has 0 radical (unpaired) electrons. The molecule has 0 spiro atoms. The van der Waals surface area contributed by atoms with Crippen LogP contribution in [0.5, 0.6) is 0 Å². The summed E-state index contributed by atoms with van der Waals surface area (Å²) in [5.41, 5.74) is 5.83. The van der Waals surface area contributed by atoms with Crippen LogP contribution in [0.15, 0.2) is 21.3 Å². The zero-order valence-electron chi connectivity index (χ0n) is 14.5. The molecule has 1 aromatic rings. The Morgan fingerprint density at radius 3 is 2.71 bits per heavy atom. The first-order valence-corrected chi connectivity index (χ1v) is 10.8. The van der Waals surface area contributed by atoms with Gasteiger partial charge in [-0.3, -0.25) is 0 Å². The third-order valence-electron chi connectivity index (χ3n) is 3.98. The lowest BCUT2D eigenvalue weighted by atomic mass is 10.1. The molecule has 0 atom stereocenters. The second-order valence-electron chi connectivity index (χ2n) is 6.50. The van der Waals surface area contributed by atoms with E-state index in [2.05, 4.69) is 24.2 Å². The van der Waals surface area contributed by atoms with Crippen LogP contribution in [-0.4, -0.2) is 38.3 Å². The molecule has 1 saturated heterocycles. The van der Waals surface area contributed by atoms with Gasteiger partial charge >= 0.3 is 0 Å². The summed E-state index contributed by atoms with van der Waals surface area (Å²) in [7, 11) is -3.35. The molecular weight excluding hydrogens is 344 g/mol. The second kappa shape index (κ2) is 8.82. The van der Waals surface area contributed by atoms with E-state index in [0.717, 1.165) is 37.1 Å². The Labute approximate surface area is 149 Å². The highest BCUT2D eigenvalue weighted by Gasteiger charge is 2.27. The molecule has 2 rings (SSSR count). The molecule has 24 heavy (non-hydrogen) atoms. The molecule has 0 amide bonds. The molecule has 136 valence electrons. The highest BCUT2D eigenvalue weighted by atomic mass is 32.2. The van der Waals surface area contributed by atoms with Gasteiger partial charge in [0.2, 0.25) is 0 Å². The van der Waals surface area contributed by atoms with Crippen molar-refractivity contribution in [3.05, 3.63) is 17.0 Å².